The maximum Gasteiger partial charge on any atom is 0.405 e. The average molecular weight is 361 g/mol. The molecule has 8 nitrogen and oxygen atoms in total. The molecule has 2 aromatic rings. The van der Waals surface area contributed by atoms with Crippen molar-refractivity contribution in [1.29, 1.82) is 0 Å². The minimum atomic E-state index is -0.978. The highest BCUT2D eigenvalue weighted by molar-refractivity contribution is 7.13. The van der Waals surface area contributed by atoms with Crippen LogP contribution in [0.1, 0.15) is 24.5 Å². The second-order valence-corrected chi connectivity index (χ2v) is 6.58. The van der Waals surface area contributed by atoms with Gasteiger partial charge in [-0.1, -0.05) is 0 Å². The molecule has 1 atom stereocenters. The topological polar surface area (TPSA) is 110 Å². The molecule has 1 aliphatic heterocycles. The summed E-state index contributed by atoms with van der Waals surface area (Å²) in [6.07, 6.45) is 4.75. The van der Waals surface area contributed by atoms with Gasteiger partial charge in [0.05, 0.1) is 5.69 Å². The Morgan fingerprint density at radius 3 is 2.96 bits per heavy atom. The molecule has 1 unspecified atom stereocenters. The summed E-state index contributed by atoms with van der Waals surface area (Å²) in [5, 5.41) is 5.07. The van der Waals surface area contributed by atoms with Crippen LogP contribution in [0.2, 0.25) is 0 Å². The standard InChI is InChI=1S/C16H19N5O3S/c17-15(23)24-9-14(22)20-16-19-13(10-25-16)11-2-1-7-21(8-11)12-3-5-18-6-4-12/h3-6,10-11H,1-2,7-9H2,(H2,17,23)(H,19,20,22). The van der Waals surface area contributed by atoms with E-state index in [9.17, 15) is 9.59 Å². The van der Waals surface area contributed by atoms with Crippen LogP contribution in [-0.4, -0.2) is 41.7 Å². The van der Waals surface area contributed by atoms with E-state index in [-0.39, 0.29) is 0 Å². The van der Waals surface area contributed by atoms with Crippen molar-refractivity contribution in [3.05, 3.63) is 35.6 Å². The molecule has 0 saturated carbocycles. The summed E-state index contributed by atoms with van der Waals surface area (Å²) in [7, 11) is 0. The summed E-state index contributed by atoms with van der Waals surface area (Å²) in [5.41, 5.74) is 6.96. The molecule has 0 spiro atoms. The van der Waals surface area contributed by atoms with Gasteiger partial charge in [-0.05, 0) is 25.0 Å². The van der Waals surface area contributed by atoms with Gasteiger partial charge in [0.25, 0.3) is 5.91 Å². The average Bonchev–Trinajstić information content (AvgIpc) is 3.09. The summed E-state index contributed by atoms with van der Waals surface area (Å²) in [6, 6.07) is 4.02. The van der Waals surface area contributed by atoms with Gasteiger partial charge in [0, 0.05) is 42.5 Å². The molecular formula is C16H19N5O3S. The van der Waals surface area contributed by atoms with Gasteiger partial charge in [0.2, 0.25) is 0 Å². The Bertz CT molecular complexity index is 736. The molecule has 25 heavy (non-hydrogen) atoms. The van der Waals surface area contributed by atoms with Crippen molar-refractivity contribution in [2.75, 3.05) is 29.9 Å². The van der Waals surface area contributed by atoms with Crippen molar-refractivity contribution in [2.24, 2.45) is 5.73 Å². The van der Waals surface area contributed by atoms with Gasteiger partial charge in [0.15, 0.2) is 11.7 Å². The van der Waals surface area contributed by atoms with Gasteiger partial charge >= 0.3 is 6.09 Å². The van der Waals surface area contributed by atoms with Crippen LogP contribution in [0.3, 0.4) is 0 Å². The van der Waals surface area contributed by atoms with Crippen molar-refractivity contribution in [3.8, 4) is 0 Å². The number of nitrogens with zero attached hydrogens (tertiary/aromatic N) is 3. The van der Waals surface area contributed by atoms with Crippen LogP contribution in [0.4, 0.5) is 15.6 Å². The number of amides is 2. The molecule has 0 aliphatic carbocycles. The number of primary amides is 1. The van der Waals surface area contributed by atoms with Crippen molar-refractivity contribution in [1.82, 2.24) is 9.97 Å². The number of anilines is 2. The molecule has 1 fully saturated rings. The second kappa shape index (κ2) is 7.93. The minimum Gasteiger partial charge on any atom is -0.440 e. The van der Waals surface area contributed by atoms with Crippen LogP contribution in [-0.2, 0) is 9.53 Å². The van der Waals surface area contributed by atoms with E-state index in [1.165, 1.54) is 11.3 Å². The third kappa shape index (κ3) is 4.66. The molecule has 0 radical (unpaired) electrons. The summed E-state index contributed by atoms with van der Waals surface area (Å²) < 4.78 is 4.45. The molecule has 9 heteroatoms. The molecule has 1 saturated heterocycles. The Morgan fingerprint density at radius 2 is 2.20 bits per heavy atom. The number of hydrogen-bond donors (Lipinski definition) is 2. The quantitative estimate of drug-likeness (QED) is 0.842. The van der Waals surface area contributed by atoms with E-state index in [0.29, 0.717) is 11.0 Å². The summed E-state index contributed by atoms with van der Waals surface area (Å²) in [4.78, 5) is 33.1. The van der Waals surface area contributed by atoms with Gasteiger partial charge in [0.1, 0.15) is 0 Å². The Hall–Kier alpha value is -2.68. The number of nitrogens with two attached hydrogens (primary N) is 1. The highest BCUT2D eigenvalue weighted by Crippen LogP contribution is 2.31. The molecule has 3 rings (SSSR count). The lowest BCUT2D eigenvalue weighted by Crippen LogP contribution is -2.34. The van der Waals surface area contributed by atoms with Crippen molar-refractivity contribution >= 4 is 34.2 Å². The summed E-state index contributed by atoms with van der Waals surface area (Å²) >= 11 is 1.36. The van der Waals surface area contributed by atoms with Gasteiger partial charge in [-0.15, -0.1) is 11.3 Å². The number of hydrogen-bond acceptors (Lipinski definition) is 7. The zero-order valence-electron chi connectivity index (χ0n) is 13.6. The van der Waals surface area contributed by atoms with Gasteiger partial charge < -0.3 is 15.4 Å². The first-order valence-electron chi connectivity index (χ1n) is 7.94. The predicted molar refractivity (Wildman–Crippen MR) is 94.7 cm³/mol. The Kier molecular flexibility index (Phi) is 5.44. The third-order valence-electron chi connectivity index (χ3n) is 3.98. The first-order chi connectivity index (χ1) is 12.1. The fourth-order valence-electron chi connectivity index (χ4n) is 2.83. The van der Waals surface area contributed by atoms with Gasteiger partial charge in [-0.25, -0.2) is 9.78 Å². The SMILES string of the molecule is NC(=O)OCC(=O)Nc1nc(C2CCCN(c3ccncc3)C2)cs1. The number of ether oxygens (including phenoxy) is 1. The Morgan fingerprint density at radius 1 is 1.40 bits per heavy atom. The number of aromatic nitrogens is 2. The van der Waals surface area contributed by atoms with Crippen LogP contribution in [0.15, 0.2) is 29.9 Å². The maximum atomic E-state index is 11.6. The first kappa shape index (κ1) is 17.2. The van der Waals surface area contributed by atoms with E-state index >= 15 is 0 Å². The minimum absolute atomic E-state index is 0.311. The van der Waals surface area contributed by atoms with Crippen LogP contribution in [0, 0.1) is 0 Å². The maximum absolute atomic E-state index is 11.6. The number of thiazole rings is 1. The zero-order chi connectivity index (χ0) is 17.6. The fourth-order valence-corrected chi connectivity index (χ4v) is 3.64. The highest BCUT2D eigenvalue weighted by Gasteiger charge is 2.24. The van der Waals surface area contributed by atoms with Crippen LogP contribution in [0.25, 0.3) is 0 Å². The highest BCUT2D eigenvalue weighted by atomic mass is 32.1. The van der Waals surface area contributed by atoms with Crippen molar-refractivity contribution in [3.63, 3.8) is 0 Å². The second-order valence-electron chi connectivity index (χ2n) is 5.72. The first-order valence-corrected chi connectivity index (χ1v) is 8.82. The smallest absolute Gasteiger partial charge is 0.405 e. The number of piperidine rings is 1. The molecule has 2 aromatic heterocycles. The molecule has 2 amide bonds. The predicted octanol–water partition coefficient (Wildman–Crippen LogP) is 1.96. The largest absolute Gasteiger partial charge is 0.440 e. The molecule has 0 bridgehead atoms. The third-order valence-corrected chi connectivity index (χ3v) is 4.76. The van der Waals surface area contributed by atoms with E-state index in [4.69, 9.17) is 5.73 Å². The Labute approximate surface area is 149 Å². The van der Waals surface area contributed by atoms with Crippen molar-refractivity contribution in [2.45, 2.75) is 18.8 Å². The molecule has 1 aliphatic rings. The number of nitrogens with one attached hydrogen (secondary N) is 1. The summed E-state index contributed by atoms with van der Waals surface area (Å²) in [6.45, 7) is 1.48. The van der Waals surface area contributed by atoms with E-state index < -0.39 is 18.6 Å². The normalized spacial score (nSPS) is 17.1. The van der Waals surface area contributed by atoms with Gasteiger partial charge in [-0.3, -0.25) is 15.1 Å². The number of pyridine rings is 1. The van der Waals surface area contributed by atoms with E-state index in [0.717, 1.165) is 37.3 Å². The molecule has 3 N–H and O–H groups in total. The number of rotatable bonds is 5. The lowest BCUT2D eigenvalue weighted by molar-refractivity contribution is -0.118. The molecule has 3 heterocycles. The Balaban J connectivity index is 1.60. The van der Waals surface area contributed by atoms with Gasteiger partial charge in [-0.2, -0.15) is 0 Å². The molecular weight excluding hydrogens is 342 g/mol. The monoisotopic (exact) mass is 361 g/mol. The lowest BCUT2D eigenvalue weighted by Gasteiger charge is -2.33. The van der Waals surface area contributed by atoms with Crippen LogP contribution >= 0.6 is 11.3 Å². The molecule has 132 valence electrons. The van der Waals surface area contributed by atoms with Crippen LogP contribution in [0.5, 0.6) is 0 Å². The van der Waals surface area contributed by atoms with Crippen molar-refractivity contribution < 1.29 is 14.3 Å². The zero-order valence-corrected chi connectivity index (χ0v) is 14.4. The molecule has 0 aromatic carbocycles. The fraction of sp³-hybridized carbons (Fsp3) is 0.375. The van der Waals surface area contributed by atoms with Crippen LogP contribution < -0.4 is 16.0 Å². The van der Waals surface area contributed by atoms with E-state index in [1.807, 2.05) is 17.5 Å². The number of carbonyl (C=O) groups is 2. The number of carbonyl (C=O) groups excluding carboxylic acids is 2. The summed E-state index contributed by atoms with van der Waals surface area (Å²) in [5.74, 6) is -0.146. The van der Waals surface area contributed by atoms with E-state index in [1.54, 1.807) is 12.4 Å². The van der Waals surface area contributed by atoms with E-state index in [2.05, 4.69) is 24.9 Å². The lowest BCUT2D eigenvalue weighted by atomic mass is 9.95.